The Morgan fingerprint density at radius 2 is 2.13 bits per heavy atom. The molecule has 1 N–H and O–H groups in total. The van der Waals surface area contributed by atoms with E-state index < -0.39 is 0 Å². The number of nitrogens with one attached hydrogen (secondary N) is 1. The zero-order valence-electron chi connectivity index (χ0n) is 13.8. The third-order valence-corrected chi connectivity index (χ3v) is 4.59. The second kappa shape index (κ2) is 7.90. The third-order valence-electron chi connectivity index (χ3n) is 4.59. The standard InChI is InChI=1S/C18H26N2O3/c1-22-13-16-5-3-2-4-15(16)10-19-18(21)12-20-8-9-23-17(11-20)14-6-7-14/h2-5,14,17H,6-13H2,1H3,(H,19,21). The molecular weight excluding hydrogens is 292 g/mol. The molecule has 5 heteroatoms. The number of morpholine rings is 1. The van der Waals surface area contributed by atoms with Crippen LogP contribution in [-0.4, -0.2) is 50.3 Å². The minimum Gasteiger partial charge on any atom is -0.380 e. The van der Waals surface area contributed by atoms with Gasteiger partial charge in [-0.05, 0) is 29.9 Å². The van der Waals surface area contributed by atoms with Crippen molar-refractivity contribution in [2.75, 3.05) is 33.4 Å². The highest BCUT2D eigenvalue weighted by atomic mass is 16.5. The van der Waals surface area contributed by atoms with Gasteiger partial charge in [-0.25, -0.2) is 0 Å². The highest BCUT2D eigenvalue weighted by Gasteiger charge is 2.35. The van der Waals surface area contributed by atoms with Crippen LogP contribution in [0.4, 0.5) is 0 Å². The second-order valence-electron chi connectivity index (χ2n) is 6.46. The zero-order chi connectivity index (χ0) is 16.1. The summed E-state index contributed by atoms with van der Waals surface area (Å²) in [6, 6.07) is 8.05. The molecule has 1 heterocycles. The van der Waals surface area contributed by atoms with Crippen LogP contribution in [-0.2, 0) is 27.4 Å². The fourth-order valence-electron chi connectivity index (χ4n) is 3.11. The van der Waals surface area contributed by atoms with Crippen molar-refractivity contribution < 1.29 is 14.3 Å². The topological polar surface area (TPSA) is 50.8 Å². The number of ether oxygens (including phenoxy) is 2. The Hall–Kier alpha value is -1.43. The summed E-state index contributed by atoms with van der Waals surface area (Å²) in [5.74, 6) is 0.801. The smallest absolute Gasteiger partial charge is 0.234 e. The van der Waals surface area contributed by atoms with Gasteiger partial charge in [0.05, 0.1) is 25.9 Å². The van der Waals surface area contributed by atoms with Crippen molar-refractivity contribution in [1.29, 1.82) is 0 Å². The van der Waals surface area contributed by atoms with Crippen molar-refractivity contribution in [2.24, 2.45) is 5.92 Å². The largest absolute Gasteiger partial charge is 0.380 e. The summed E-state index contributed by atoms with van der Waals surface area (Å²) >= 11 is 0. The first-order chi connectivity index (χ1) is 11.3. The Labute approximate surface area is 137 Å². The lowest BCUT2D eigenvalue weighted by Crippen LogP contribution is -2.47. The van der Waals surface area contributed by atoms with Gasteiger partial charge in [0.25, 0.3) is 0 Å². The van der Waals surface area contributed by atoms with E-state index in [-0.39, 0.29) is 5.91 Å². The van der Waals surface area contributed by atoms with Crippen LogP contribution in [0.1, 0.15) is 24.0 Å². The molecule has 5 nitrogen and oxygen atoms in total. The first-order valence-electron chi connectivity index (χ1n) is 8.42. The van der Waals surface area contributed by atoms with Gasteiger partial charge in [0.15, 0.2) is 0 Å². The predicted octanol–water partition coefficient (Wildman–Crippen LogP) is 1.56. The highest BCUT2D eigenvalue weighted by Crippen LogP contribution is 2.35. The van der Waals surface area contributed by atoms with Crippen molar-refractivity contribution in [3.8, 4) is 0 Å². The third kappa shape index (κ3) is 4.77. The van der Waals surface area contributed by atoms with Crippen LogP contribution in [0.3, 0.4) is 0 Å². The summed E-state index contributed by atoms with van der Waals surface area (Å²) in [5.41, 5.74) is 2.23. The molecular formula is C18H26N2O3. The molecule has 1 amide bonds. The fraction of sp³-hybridized carbons (Fsp3) is 0.611. The van der Waals surface area contributed by atoms with Crippen molar-refractivity contribution >= 4 is 5.91 Å². The zero-order valence-corrected chi connectivity index (χ0v) is 13.8. The number of hydrogen-bond acceptors (Lipinski definition) is 4. The number of carbonyl (C=O) groups excluding carboxylic acids is 1. The lowest BCUT2D eigenvalue weighted by Gasteiger charge is -2.32. The van der Waals surface area contributed by atoms with Gasteiger partial charge >= 0.3 is 0 Å². The maximum absolute atomic E-state index is 12.2. The van der Waals surface area contributed by atoms with Gasteiger partial charge < -0.3 is 14.8 Å². The molecule has 1 saturated carbocycles. The minimum absolute atomic E-state index is 0.0775. The molecule has 1 saturated heterocycles. The lowest BCUT2D eigenvalue weighted by molar-refractivity contribution is -0.124. The number of benzene rings is 1. The van der Waals surface area contributed by atoms with Crippen LogP contribution in [0.5, 0.6) is 0 Å². The molecule has 1 atom stereocenters. The molecule has 0 aromatic heterocycles. The normalized spacial score (nSPS) is 22.0. The molecule has 0 spiro atoms. The maximum atomic E-state index is 12.2. The summed E-state index contributed by atoms with van der Waals surface area (Å²) in [6.07, 6.45) is 2.89. The molecule has 3 rings (SSSR count). The van der Waals surface area contributed by atoms with E-state index in [1.165, 1.54) is 12.8 Å². The van der Waals surface area contributed by atoms with Gasteiger partial charge in [0.2, 0.25) is 5.91 Å². The second-order valence-corrected chi connectivity index (χ2v) is 6.46. The Kier molecular flexibility index (Phi) is 5.65. The monoisotopic (exact) mass is 318 g/mol. The first kappa shape index (κ1) is 16.4. The van der Waals surface area contributed by atoms with E-state index in [2.05, 4.69) is 10.2 Å². The average molecular weight is 318 g/mol. The number of nitrogens with zero attached hydrogens (tertiary/aromatic N) is 1. The van der Waals surface area contributed by atoms with Crippen molar-refractivity contribution in [3.05, 3.63) is 35.4 Å². The molecule has 1 aromatic rings. The average Bonchev–Trinajstić information content (AvgIpc) is 3.40. The molecule has 1 unspecified atom stereocenters. The minimum atomic E-state index is 0.0775. The quantitative estimate of drug-likeness (QED) is 0.829. The van der Waals surface area contributed by atoms with Crippen LogP contribution >= 0.6 is 0 Å². The fourth-order valence-corrected chi connectivity index (χ4v) is 3.11. The van der Waals surface area contributed by atoms with Crippen LogP contribution in [0.15, 0.2) is 24.3 Å². The molecule has 23 heavy (non-hydrogen) atoms. The summed E-state index contributed by atoms with van der Waals surface area (Å²) in [4.78, 5) is 14.4. The number of methoxy groups -OCH3 is 1. The van der Waals surface area contributed by atoms with Crippen molar-refractivity contribution in [3.63, 3.8) is 0 Å². The van der Waals surface area contributed by atoms with Crippen LogP contribution in [0, 0.1) is 5.92 Å². The number of hydrogen-bond donors (Lipinski definition) is 1. The van der Waals surface area contributed by atoms with Gasteiger partial charge in [-0.2, -0.15) is 0 Å². The Morgan fingerprint density at radius 1 is 1.35 bits per heavy atom. The summed E-state index contributed by atoms with van der Waals surface area (Å²) < 4.78 is 11.0. The van der Waals surface area contributed by atoms with Crippen molar-refractivity contribution in [1.82, 2.24) is 10.2 Å². The first-order valence-corrected chi connectivity index (χ1v) is 8.42. The van der Waals surface area contributed by atoms with Crippen LogP contribution in [0.2, 0.25) is 0 Å². The number of rotatable bonds is 7. The molecule has 0 bridgehead atoms. The molecule has 0 radical (unpaired) electrons. The summed E-state index contributed by atoms with van der Waals surface area (Å²) in [6.45, 7) is 4.05. The van der Waals surface area contributed by atoms with E-state index in [1.54, 1.807) is 7.11 Å². The van der Waals surface area contributed by atoms with Gasteiger partial charge in [0, 0.05) is 26.7 Å². The summed E-state index contributed by atoms with van der Waals surface area (Å²) in [7, 11) is 1.68. The Bertz CT molecular complexity index is 531. The number of carbonyl (C=O) groups is 1. The van der Waals surface area contributed by atoms with Gasteiger partial charge in [-0.1, -0.05) is 24.3 Å². The van der Waals surface area contributed by atoms with E-state index >= 15 is 0 Å². The molecule has 126 valence electrons. The van der Waals surface area contributed by atoms with Gasteiger partial charge in [0.1, 0.15) is 0 Å². The molecule has 2 aliphatic rings. The molecule has 1 aliphatic carbocycles. The number of amides is 1. The van der Waals surface area contributed by atoms with Gasteiger partial charge in [-0.15, -0.1) is 0 Å². The van der Waals surface area contributed by atoms with Gasteiger partial charge in [-0.3, -0.25) is 9.69 Å². The van der Waals surface area contributed by atoms with Crippen LogP contribution in [0.25, 0.3) is 0 Å². The maximum Gasteiger partial charge on any atom is 0.234 e. The molecule has 1 aromatic carbocycles. The van der Waals surface area contributed by atoms with Crippen LogP contribution < -0.4 is 5.32 Å². The van der Waals surface area contributed by atoms with E-state index in [0.29, 0.717) is 25.8 Å². The van der Waals surface area contributed by atoms with E-state index in [1.807, 2.05) is 24.3 Å². The van der Waals surface area contributed by atoms with E-state index in [0.717, 1.165) is 36.7 Å². The van der Waals surface area contributed by atoms with E-state index in [4.69, 9.17) is 9.47 Å². The predicted molar refractivity (Wildman–Crippen MR) is 87.9 cm³/mol. The SMILES string of the molecule is COCc1ccccc1CNC(=O)CN1CCOC(C2CC2)C1. The van der Waals surface area contributed by atoms with Crippen molar-refractivity contribution in [2.45, 2.75) is 32.1 Å². The molecule has 2 fully saturated rings. The highest BCUT2D eigenvalue weighted by molar-refractivity contribution is 5.78. The Balaban J connectivity index is 1.46. The Morgan fingerprint density at radius 3 is 2.87 bits per heavy atom. The lowest BCUT2D eigenvalue weighted by atomic mass is 10.1. The van der Waals surface area contributed by atoms with E-state index in [9.17, 15) is 4.79 Å². The molecule has 1 aliphatic heterocycles. The summed E-state index contributed by atoms with van der Waals surface area (Å²) in [5, 5.41) is 3.03.